The van der Waals surface area contributed by atoms with Crippen LogP contribution in [0.4, 0.5) is 5.69 Å². The number of methoxy groups -OCH3 is 1. The topological polar surface area (TPSA) is 76.1 Å². The van der Waals surface area contributed by atoms with Gasteiger partial charge in [0.15, 0.2) is 0 Å². The number of hydrogen-bond acceptors (Lipinski definition) is 4. The molecule has 6 heteroatoms. The zero-order valence-corrected chi connectivity index (χ0v) is 21.2. The lowest BCUT2D eigenvalue weighted by molar-refractivity contribution is -0.136. The van der Waals surface area contributed by atoms with Gasteiger partial charge >= 0.3 is 5.97 Å². The van der Waals surface area contributed by atoms with Crippen LogP contribution in [0.5, 0.6) is 11.5 Å². The molecule has 3 aromatic carbocycles. The summed E-state index contributed by atoms with van der Waals surface area (Å²) in [6, 6.07) is 11.5. The molecule has 2 aliphatic heterocycles. The van der Waals surface area contributed by atoms with E-state index in [2.05, 4.69) is 13.0 Å². The van der Waals surface area contributed by atoms with Crippen molar-refractivity contribution in [1.29, 1.82) is 0 Å². The molecule has 3 aromatic rings. The van der Waals surface area contributed by atoms with Crippen LogP contribution in [-0.4, -0.2) is 37.2 Å². The normalized spacial score (nSPS) is 14.2. The van der Waals surface area contributed by atoms with E-state index >= 15 is 0 Å². The standard InChI is InChI=1S/C30H31NO5/c1-17-15-25-23(11-12-31(25)30(34)20-7-9-26(35-4)18(2)14-20)29(24(17)16-28(32)33)22-8-10-27-21(19(22)3)6-5-13-36-27/h7-10,14-15H,5-6,11-13,16H2,1-4H3,(H,32,33). The maximum Gasteiger partial charge on any atom is 0.307 e. The van der Waals surface area contributed by atoms with Gasteiger partial charge in [-0.3, -0.25) is 9.59 Å². The fraction of sp³-hybridized carbons (Fsp3) is 0.333. The van der Waals surface area contributed by atoms with Crippen molar-refractivity contribution in [1.82, 2.24) is 0 Å². The number of anilines is 1. The Hall–Kier alpha value is -3.80. The van der Waals surface area contributed by atoms with E-state index in [1.165, 1.54) is 5.56 Å². The average Bonchev–Trinajstić information content (AvgIpc) is 3.27. The highest BCUT2D eigenvalue weighted by molar-refractivity contribution is 6.08. The fourth-order valence-corrected chi connectivity index (χ4v) is 5.69. The molecule has 6 nitrogen and oxygen atoms in total. The van der Waals surface area contributed by atoms with Crippen LogP contribution in [0.3, 0.4) is 0 Å². The molecule has 0 radical (unpaired) electrons. The first-order valence-electron chi connectivity index (χ1n) is 12.4. The van der Waals surface area contributed by atoms with E-state index in [0.29, 0.717) is 18.5 Å². The van der Waals surface area contributed by atoms with Crippen LogP contribution >= 0.6 is 0 Å². The summed E-state index contributed by atoms with van der Waals surface area (Å²) in [5, 5.41) is 9.74. The molecule has 2 aliphatic rings. The predicted molar refractivity (Wildman–Crippen MR) is 140 cm³/mol. The minimum Gasteiger partial charge on any atom is -0.496 e. The van der Waals surface area contributed by atoms with Crippen LogP contribution in [0, 0.1) is 20.8 Å². The van der Waals surface area contributed by atoms with Gasteiger partial charge in [-0.25, -0.2) is 0 Å². The predicted octanol–water partition coefficient (Wildman–Crippen LogP) is 5.44. The highest BCUT2D eigenvalue weighted by Gasteiger charge is 2.32. The molecule has 0 saturated carbocycles. The molecular weight excluding hydrogens is 454 g/mol. The Morgan fingerprint density at radius 1 is 1.03 bits per heavy atom. The zero-order chi connectivity index (χ0) is 25.6. The number of fused-ring (bicyclic) bond motifs is 2. The van der Waals surface area contributed by atoms with Crippen LogP contribution in [-0.2, 0) is 24.1 Å². The van der Waals surface area contributed by atoms with E-state index in [0.717, 1.165) is 75.6 Å². The first kappa shape index (κ1) is 23.9. The van der Waals surface area contributed by atoms with Gasteiger partial charge in [0.1, 0.15) is 11.5 Å². The largest absolute Gasteiger partial charge is 0.496 e. The van der Waals surface area contributed by atoms with Crippen LogP contribution in [0.15, 0.2) is 36.4 Å². The van der Waals surface area contributed by atoms with Crippen molar-refractivity contribution in [3.05, 3.63) is 75.3 Å². The summed E-state index contributed by atoms with van der Waals surface area (Å²) in [6.07, 6.45) is 2.52. The molecule has 0 atom stereocenters. The second-order valence-corrected chi connectivity index (χ2v) is 9.67. The smallest absolute Gasteiger partial charge is 0.307 e. The number of aryl methyl sites for hydroxylation is 2. The van der Waals surface area contributed by atoms with Crippen molar-refractivity contribution in [3.8, 4) is 22.6 Å². The SMILES string of the molecule is COc1ccc(C(=O)N2CCc3c2cc(C)c(CC(=O)O)c3-c2ccc3c(c2C)CCCO3)cc1C. The van der Waals surface area contributed by atoms with Gasteiger partial charge in [-0.2, -0.15) is 0 Å². The number of amides is 1. The summed E-state index contributed by atoms with van der Waals surface area (Å²) in [5.41, 5.74) is 9.42. The van der Waals surface area contributed by atoms with Crippen molar-refractivity contribution in [2.75, 3.05) is 25.2 Å². The second kappa shape index (κ2) is 9.34. The maximum absolute atomic E-state index is 13.6. The van der Waals surface area contributed by atoms with Crippen molar-refractivity contribution in [2.45, 2.75) is 46.5 Å². The molecule has 0 aromatic heterocycles. The van der Waals surface area contributed by atoms with Gasteiger partial charge in [0.2, 0.25) is 0 Å². The molecule has 0 saturated heterocycles. The Kier molecular flexibility index (Phi) is 6.20. The van der Waals surface area contributed by atoms with Gasteiger partial charge in [-0.1, -0.05) is 6.07 Å². The van der Waals surface area contributed by atoms with Gasteiger partial charge in [0.05, 0.1) is 20.1 Å². The van der Waals surface area contributed by atoms with E-state index in [9.17, 15) is 14.7 Å². The number of benzene rings is 3. The third kappa shape index (κ3) is 4.00. The third-order valence-electron chi connectivity index (χ3n) is 7.49. The van der Waals surface area contributed by atoms with Gasteiger partial charge in [-0.05, 0) is 115 Å². The molecule has 1 N–H and O–H groups in total. The van der Waals surface area contributed by atoms with Gasteiger partial charge in [-0.15, -0.1) is 0 Å². The molecule has 0 unspecified atom stereocenters. The summed E-state index contributed by atoms with van der Waals surface area (Å²) >= 11 is 0. The second-order valence-electron chi connectivity index (χ2n) is 9.67. The van der Waals surface area contributed by atoms with Crippen LogP contribution in [0.1, 0.15) is 50.2 Å². The number of rotatable bonds is 5. The van der Waals surface area contributed by atoms with Crippen LogP contribution < -0.4 is 14.4 Å². The highest BCUT2D eigenvalue weighted by Crippen LogP contribution is 2.44. The first-order chi connectivity index (χ1) is 17.3. The van der Waals surface area contributed by atoms with Gasteiger partial charge < -0.3 is 19.5 Å². The number of carboxylic acid groups (broad SMARTS) is 1. The zero-order valence-electron chi connectivity index (χ0n) is 21.2. The number of hydrogen-bond donors (Lipinski definition) is 1. The summed E-state index contributed by atoms with van der Waals surface area (Å²) in [5.74, 6) is 0.735. The summed E-state index contributed by atoms with van der Waals surface area (Å²) in [6.45, 7) is 7.24. The molecule has 0 spiro atoms. The van der Waals surface area contributed by atoms with E-state index in [1.54, 1.807) is 13.2 Å². The molecule has 36 heavy (non-hydrogen) atoms. The Labute approximate surface area is 211 Å². The van der Waals surface area contributed by atoms with Crippen molar-refractivity contribution < 1.29 is 24.2 Å². The number of carbonyl (C=O) groups excluding carboxylic acids is 1. The van der Waals surface area contributed by atoms with Crippen LogP contribution in [0.25, 0.3) is 11.1 Å². The lowest BCUT2D eigenvalue weighted by Gasteiger charge is -2.25. The van der Waals surface area contributed by atoms with Gasteiger partial charge in [0, 0.05) is 17.8 Å². The van der Waals surface area contributed by atoms with E-state index in [-0.39, 0.29) is 12.3 Å². The molecule has 1 amide bonds. The number of ether oxygens (including phenoxy) is 2. The van der Waals surface area contributed by atoms with Crippen LogP contribution in [0.2, 0.25) is 0 Å². The van der Waals surface area contributed by atoms with E-state index in [1.807, 2.05) is 43.0 Å². The minimum atomic E-state index is -0.863. The Morgan fingerprint density at radius 3 is 2.56 bits per heavy atom. The fourth-order valence-electron chi connectivity index (χ4n) is 5.69. The van der Waals surface area contributed by atoms with Crippen molar-refractivity contribution >= 4 is 17.6 Å². The Balaban J connectivity index is 1.66. The molecule has 5 rings (SSSR count). The quantitative estimate of drug-likeness (QED) is 0.521. The minimum absolute atomic E-state index is 0.0624. The average molecular weight is 486 g/mol. The number of carbonyl (C=O) groups is 2. The summed E-state index contributed by atoms with van der Waals surface area (Å²) in [7, 11) is 1.62. The molecule has 0 bridgehead atoms. The number of aliphatic carboxylic acids is 1. The molecule has 0 aliphatic carbocycles. The van der Waals surface area contributed by atoms with E-state index in [4.69, 9.17) is 9.47 Å². The molecular formula is C30H31NO5. The lowest BCUT2D eigenvalue weighted by atomic mass is 9.84. The Bertz CT molecular complexity index is 1390. The Morgan fingerprint density at radius 2 is 1.83 bits per heavy atom. The lowest BCUT2D eigenvalue weighted by Crippen LogP contribution is -2.29. The summed E-state index contributed by atoms with van der Waals surface area (Å²) in [4.78, 5) is 27.3. The first-order valence-corrected chi connectivity index (χ1v) is 12.4. The molecule has 186 valence electrons. The van der Waals surface area contributed by atoms with Crippen molar-refractivity contribution in [2.24, 2.45) is 0 Å². The highest BCUT2D eigenvalue weighted by atomic mass is 16.5. The number of nitrogens with zero attached hydrogens (tertiary/aromatic N) is 1. The summed E-state index contributed by atoms with van der Waals surface area (Å²) < 4.78 is 11.2. The third-order valence-corrected chi connectivity index (χ3v) is 7.49. The van der Waals surface area contributed by atoms with Crippen molar-refractivity contribution in [3.63, 3.8) is 0 Å². The molecule has 2 heterocycles. The maximum atomic E-state index is 13.6. The number of carboxylic acids is 1. The van der Waals surface area contributed by atoms with Gasteiger partial charge in [0.25, 0.3) is 5.91 Å². The monoisotopic (exact) mass is 485 g/mol. The van der Waals surface area contributed by atoms with E-state index < -0.39 is 5.97 Å². The molecule has 0 fully saturated rings.